The van der Waals surface area contributed by atoms with Gasteiger partial charge in [-0.1, -0.05) is 6.92 Å². The van der Waals surface area contributed by atoms with E-state index in [4.69, 9.17) is 0 Å². The van der Waals surface area contributed by atoms with Crippen LogP contribution in [-0.2, 0) is 0 Å². The molecule has 26 heavy (non-hydrogen) atoms. The minimum absolute atomic E-state index is 0.161. The van der Waals surface area contributed by atoms with Gasteiger partial charge < -0.3 is 10.0 Å². The monoisotopic (exact) mass is 350 g/mol. The predicted molar refractivity (Wildman–Crippen MR) is 111 cm³/mol. The Morgan fingerprint density at radius 1 is 1.19 bits per heavy atom. The summed E-state index contributed by atoms with van der Waals surface area (Å²) < 4.78 is 0. The van der Waals surface area contributed by atoms with E-state index in [0.717, 1.165) is 17.7 Å². The van der Waals surface area contributed by atoms with Gasteiger partial charge in [-0.2, -0.15) is 0 Å². The fourth-order valence-corrected chi connectivity index (χ4v) is 4.41. The SMILES string of the molecule is Cc1cc2c(cc1C=Nc1ccc(O)cc1)[C@H](C)CC(C)(C)N2C(C)C. The Morgan fingerprint density at radius 3 is 2.46 bits per heavy atom. The lowest BCUT2D eigenvalue weighted by molar-refractivity contribution is 0.356. The second-order valence-electron chi connectivity index (χ2n) is 8.42. The van der Waals surface area contributed by atoms with E-state index < -0.39 is 0 Å². The number of fused-ring (bicyclic) bond motifs is 1. The number of phenolic OH excluding ortho intramolecular Hbond substituents is 1. The summed E-state index contributed by atoms with van der Waals surface area (Å²) in [4.78, 5) is 7.15. The first-order valence-electron chi connectivity index (χ1n) is 9.46. The summed E-state index contributed by atoms with van der Waals surface area (Å²) in [6.07, 6.45) is 3.09. The Balaban J connectivity index is 2.01. The van der Waals surface area contributed by atoms with E-state index in [-0.39, 0.29) is 11.3 Å². The first-order valence-corrected chi connectivity index (χ1v) is 9.46. The van der Waals surface area contributed by atoms with Crippen LogP contribution in [0.3, 0.4) is 0 Å². The summed E-state index contributed by atoms with van der Waals surface area (Å²) in [6.45, 7) is 13.7. The van der Waals surface area contributed by atoms with Crippen LogP contribution in [0.4, 0.5) is 11.4 Å². The van der Waals surface area contributed by atoms with Gasteiger partial charge >= 0.3 is 0 Å². The average molecular weight is 351 g/mol. The molecule has 1 atom stereocenters. The molecular weight excluding hydrogens is 320 g/mol. The molecule has 138 valence electrons. The third-order valence-electron chi connectivity index (χ3n) is 5.38. The molecule has 1 N–H and O–H groups in total. The van der Waals surface area contributed by atoms with Gasteiger partial charge in [-0.15, -0.1) is 0 Å². The number of benzene rings is 2. The lowest BCUT2D eigenvalue weighted by Gasteiger charge is -2.50. The number of aromatic hydroxyl groups is 1. The molecule has 0 aromatic heterocycles. The number of phenols is 1. The van der Waals surface area contributed by atoms with Gasteiger partial charge in [0.1, 0.15) is 5.75 Å². The van der Waals surface area contributed by atoms with Crippen molar-refractivity contribution >= 4 is 17.6 Å². The maximum Gasteiger partial charge on any atom is 0.115 e. The molecule has 3 rings (SSSR count). The highest BCUT2D eigenvalue weighted by Gasteiger charge is 2.37. The van der Waals surface area contributed by atoms with Gasteiger partial charge in [0.2, 0.25) is 0 Å². The van der Waals surface area contributed by atoms with Gasteiger partial charge in [0, 0.05) is 23.5 Å². The number of nitrogens with zero attached hydrogens (tertiary/aromatic N) is 2. The van der Waals surface area contributed by atoms with E-state index in [9.17, 15) is 5.11 Å². The second-order valence-corrected chi connectivity index (χ2v) is 8.42. The molecule has 0 fully saturated rings. The lowest BCUT2D eigenvalue weighted by Crippen LogP contribution is -2.51. The topological polar surface area (TPSA) is 35.8 Å². The number of aliphatic imine (C=N–C) groups is 1. The van der Waals surface area contributed by atoms with Crippen molar-refractivity contribution in [1.29, 1.82) is 0 Å². The molecule has 0 bridgehead atoms. The molecule has 0 aliphatic carbocycles. The third kappa shape index (κ3) is 3.48. The van der Waals surface area contributed by atoms with Crippen LogP contribution in [0.1, 0.15) is 63.6 Å². The average Bonchev–Trinajstić information content (AvgIpc) is 2.53. The minimum Gasteiger partial charge on any atom is -0.508 e. The normalized spacial score (nSPS) is 19.2. The highest BCUT2D eigenvalue weighted by molar-refractivity contribution is 5.86. The van der Waals surface area contributed by atoms with Crippen LogP contribution < -0.4 is 4.90 Å². The zero-order valence-corrected chi connectivity index (χ0v) is 16.7. The first-order chi connectivity index (χ1) is 12.2. The Kier molecular flexibility index (Phi) is 4.83. The van der Waals surface area contributed by atoms with Crippen molar-refractivity contribution in [3.8, 4) is 5.75 Å². The van der Waals surface area contributed by atoms with Gasteiger partial charge in [-0.25, -0.2) is 0 Å². The van der Waals surface area contributed by atoms with Gasteiger partial charge in [0.05, 0.1) is 5.69 Å². The maximum atomic E-state index is 9.40. The molecule has 0 unspecified atom stereocenters. The van der Waals surface area contributed by atoms with Gasteiger partial charge in [0.15, 0.2) is 0 Å². The van der Waals surface area contributed by atoms with Crippen LogP contribution in [0.15, 0.2) is 41.4 Å². The Bertz CT molecular complexity index is 819. The van der Waals surface area contributed by atoms with Crippen LogP contribution in [0, 0.1) is 6.92 Å². The summed E-state index contributed by atoms with van der Waals surface area (Å²) in [7, 11) is 0. The van der Waals surface area contributed by atoms with Crippen LogP contribution in [0.5, 0.6) is 5.75 Å². The number of anilines is 1. The smallest absolute Gasteiger partial charge is 0.115 e. The number of hydrogen-bond donors (Lipinski definition) is 1. The summed E-state index contributed by atoms with van der Waals surface area (Å²) in [5.74, 6) is 0.788. The predicted octanol–water partition coefficient (Wildman–Crippen LogP) is 5.95. The maximum absolute atomic E-state index is 9.40. The van der Waals surface area contributed by atoms with Crippen LogP contribution in [0.25, 0.3) is 0 Å². The number of aryl methyl sites for hydroxylation is 1. The van der Waals surface area contributed by atoms with Gasteiger partial charge in [-0.05, 0) is 100 Å². The van der Waals surface area contributed by atoms with Crippen molar-refractivity contribution in [3.05, 3.63) is 53.1 Å². The van der Waals surface area contributed by atoms with Crippen molar-refractivity contribution in [1.82, 2.24) is 0 Å². The van der Waals surface area contributed by atoms with Crippen LogP contribution in [0.2, 0.25) is 0 Å². The fourth-order valence-electron chi connectivity index (χ4n) is 4.41. The molecule has 1 heterocycles. The number of hydrogen-bond acceptors (Lipinski definition) is 3. The molecule has 3 nitrogen and oxygen atoms in total. The molecule has 0 amide bonds. The molecule has 1 aliphatic rings. The zero-order valence-electron chi connectivity index (χ0n) is 16.7. The zero-order chi connectivity index (χ0) is 19.1. The van der Waals surface area contributed by atoms with E-state index in [2.05, 4.69) is 63.6 Å². The standard InChI is InChI=1S/C23H30N2O/c1-15(2)25-22-11-16(3)18(12-21(22)17(4)13-23(25,5)6)14-24-19-7-9-20(26)10-8-19/h7-12,14-15,17,26H,13H2,1-6H3/t17-/m1/s1. The van der Waals surface area contributed by atoms with Crippen molar-refractivity contribution in [2.75, 3.05) is 4.90 Å². The van der Waals surface area contributed by atoms with E-state index >= 15 is 0 Å². The first kappa shape index (κ1) is 18.5. The highest BCUT2D eigenvalue weighted by atomic mass is 16.3. The quantitative estimate of drug-likeness (QED) is 0.694. The Labute approximate surface area is 157 Å². The van der Waals surface area contributed by atoms with Crippen molar-refractivity contribution in [3.63, 3.8) is 0 Å². The second kappa shape index (κ2) is 6.79. The summed E-state index contributed by atoms with van der Waals surface area (Å²) in [5, 5.41) is 9.40. The molecule has 0 spiro atoms. The van der Waals surface area contributed by atoms with Crippen molar-refractivity contribution in [2.24, 2.45) is 4.99 Å². The molecular formula is C23H30N2O. The summed E-state index contributed by atoms with van der Waals surface area (Å²) >= 11 is 0. The van der Waals surface area contributed by atoms with E-state index in [1.165, 1.54) is 16.8 Å². The molecule has 2 aromatic rings. The molecule has 3 heteroatoms. The van der Waals surface area contributed by atoms with E-state index in [1.807, 2.05) is 18.3 Å². The summed E-state index contributed by atoms with van der Waals surface area (Å²) in [6, 6.07) is 12.1. The van der Waals surface area contributed by atoms with Crippen LogP contribution in [-0.4, -0.2) is 22.9 Å². The third-order valence-corrected chi connectivity index (χ3v) is 5.38. The lowest BCUT2D eigenvalue weighted by atomic mass is 9.78. The fraction of sp³-hybridized carbons (Fsp3) is 0.435. The largest absolute Gasteiger partial charge is 0.508 e. The minimum atomic E-state index is 0.161. The molecule has 0 radical (unpaired) electrons. The summed E-state index contributed by atoms with van der Waals surface area (Å²) in [5.41, 5.74) is 6.18. The Hall–Kier alpha value is -2.29. The van der Waals surface area contributed by atoms with Crippen molar-refractivity contribution in [2.45, 2.75) is 65.5 Å². The number of rotatable bonds is 3. The van der Waals surface area contributed by atoms with Gasteiger partial charge in [0.25, 0.3) is 0 Å². The molecule has 1 aliphatic heterocycles. The highest BCUT2D eigenvalue weighted by Crippen LogP contribution is 2.45. The van der Waals surface area contributed by atoms with E-state index in [1.54, 1.807) is 12.1 Å². The van der Waals surface area contributed by atoms with Crippen molar-refractivity contribution < 1.29 is 5.11 Å². The molecule has 2 aromatic carbocycles. The van der Waals surface area contributed by atoms with E-state index in [0.29, 0.717) is 12.0 Å². The molecule has 0 saturated heterocycles. The van der Waals surface area contributed by atoms with Crippen LogP contribution >= 0.6 is 0 Å². The van der Waals surface area contributed by atoms with Gasteiger partial charge in [-0.3, -0.25) is 4.99 Å². The molecule has 0 saturated carbocycles. The Morgan fingerprint density at radius 2 is 1.85 bits per heavy atom.